The highest BCUT2D eigenvalue weighted by Crippen LogP contribution is 2.20. The lowest BCUT2D eigenvalue weighted by Crippen LogP contribution is -1.99. The van der Waals surface area contributed by atoms with Crippen molar-refractivity contribution in [2.75, 3.05) is 0 Å². The lowest BCUT2D eigenvalue weighted by Gasteiger charge is -2.00. The predicted octanol–water partition coefficient (Wildman–Crippen LogP) is 3.76. The first-order chi connectivity index (χ1) is 6.65. The minimum Gasteiger partial charge on any atom is -0.294 e. The van der Waals surface area contributed by atoms with Crippen LogP contribution in [0.15, 0.2) is 12.3 Å². The summed E-state index contributed by atoms with van der Waals surface area (Å²) in [6, 6.07) is 1.56. The Morgan fingerprint density at radius 2 is 2.21 bits per heavy atom. The van der Waals surface area contributed by atoms with E-state index in [0.717, 1.165) is 12.8 Å². The minimum atomic E-state index is 0.0675. The summed E-state index contributed by atoms with van der Waals surface area (Å²) >= 11 is 11.4. The van der Waals surface area contributed by atoms with Crippen molar-refractivity contribution in [1.82, 2.24) is 4.98 Å². The van der Waals surface area contributed by atoms with Gasteiger partial charge in [0.15, 0.2) is 5.78 Å². The number of unbranched alkanes of at least 4 members (excludes halogenated alkanes) is 1. The van der Waals surface area contributed by atoms with E-state index < -0.39 is 0 Å². The van der Waals surface area contributed by atoms with Gasteiger partial charge in [-0.05, 0) is 12.5 Å². The smallest absolute Gasteiger partial charge is 0.164 e. The van der Waals surface area contributed by atoms with Gasteiger partial charge >= 0.3 is 0 Å². The fourth-order valence-electron chi connectivity index (χ4n) is 1.06. The first kappa shape index (κ1) is 11.5. The summed E-state index contributed by atoms with van der Waals surface area (Å²) in [6.45, 7) is 2.04. The number of carbonyl (C=O) groups is 1. The topological polar surface area (TPSA) is 30.0 Å². The Labute approximate surface area is 93.2 Å². The number of ketones is 1. The summed E-state index contributed by atoms with van der Waals surface area (Å²) < 4.78 is 0. The van der Waals surface area contributed by atoms with E-state index in [1.165, 1.54) is 6.20 Å². The molecule has 1 heterocycles. The van der Waals surface area contributed by atoms with E-state index in [1.54, 1.807) is 6.07 Å². The molecule has 0 atom stereocenters. The summed E-state index contributed by atoms with van der Waals surface area (Å²) in [5.74, 6) is 0.0675. The van der Waals surface area contributed by atoms with Crippen LogP contribution in [0.4, 0.5) is 0 Å². The maximum atomic E-state index is 11.5. The van der Waals surface area contributed by atoms with Gasteiger partial charge in [0.2, 0.25) is 0 Å². The van der Waals surface area contributed by atoms with E-state index in [2.05, 4.69) is 4.98 Å². The standard InChI is InChI=1S/C10H11Cl2NO/c1-2-3-4-9(14)7-5-8(11)10(12)13-6-7/h5-6H,2-4H2,1H3. The number of carbonyl (C=O) groups excluding carboxylic acids is 1. The molecule has 76 valence electrons. The number of aromatic nitrogens is 1. The molecule has 0 bridgehead atoms. The van der Waals surface area contributed by atoms with Gasteiger partial charge in [0.05, 0.1) is 5.02 Å². The minimum absolute atomic E-state index is 0.0675. The molecule has 0 unspecified atom stereocenters. The van der Waals surface area contributed by atoms with Gasteiger partial charge in [-0.2, -0.15) is 0 Å². The molecule has 2 nitrogen and oxygen atoms in total. The first-order valence-corrected chi connectivity index (χ1v) is 5.25. The summed E-state index contributed by atoms with van der Waals surface area (Å²) in [6.07, 6.45) is 3.89. The molecule has 0 aliphatic heterocycles. The normalized spacial score (nSPS) is 10.2. The Morgan fingerprint density at radius 1 is 1.50 bits per heavy atom. The largest absolute Gasteiger partial charge is 0.294 e. The van der Waals surface area contributed by atoms with Gasteiger partial charge in [0.1, 0.15) is 5.15 Å². The quantitative estimate of drug-likeness (QED) is 0.584. The van der Waals surface area contributed by atoms with Crippen LogP contribution in [0.2, 0.25) is 10.2 Å². The molecule has 0 saturated heterocycles. The van der Waals surface area contributed by atoms with E-state index in [9.17, 15) is 4.79 Å². The van der Waals surface area contributed by atoms with Crippen molar-refractivity contribution < 1.29 is 4.79 Å². The molecule has 1 aromatic rings. The van der Waals surface area contributed by atoms with E-state index in [-0.39, 0.29) is 10.9 Å². The van der Waals surface area contributed by atoms with Crippen LogP contribution >= 0.6 is 23.2 Å². The average molecular weight is 232 g/mol. The number of nitrogens with zero attached hydrogens (tertiary/aromatic N) is 1. The van der Waals surface area contributed by atoms with Crippen molar-refractivity contribution in [2.45, 2.75) is 26.2 Å². The zero-order valence-corrected chi connectivity index (χ0v) is 9.40. The number of halogens is 2. The van der Waals surface area contributed by atoms with Crippen LogP contribution in [0, 0.1) is 0 Å². The molecule has 1 rings (SSSR count). The van der Waals surface area contributed by atoms with Gasteiger partial charge in [-0.1, -0.05) is 36.5 Å². The Hall–Kier alpha value is -0.600. The summed E-state index contributed by atoms with van der Waals surface area (Å²) in [5.41, 5.74) is 0.535. The maximum Gasteiger partial charge on any atom is 0.164 e. The zero-order chi connectivity index (χ0) is 10.6. The van der Waals surface area contributed by atoms with E-state index in [4.69, 9.17) is 23.2 Å². The molecule has 0 aromatic carbocycles. The summed E-state index contributed by atoms with van der Waals surface area (Å²) in [7, 11) is 0. The van der Waals surface area contributed by atoms with E-state index in [1.807, 2.05) is 6.92 Å². The second kappa shape index (κ2) is 5.32. The fraction of sp³-hybridized carbons (Fsp3) is 0.400. The molecule has 0 aliphatic rings. The molecule has 0 radical (unpaired) electrons. The summed E-state index contributed by atoms with van der Waals surface area (Å²) in [5, 5.41) is 0.563. The van der Waals surface area contributed by atoms with Crippen LogP contribution in [-0.4, -0.2) is 10.8 Å². The Balaban J connectivity index is 2.76. The Kier molecular flexibility index (Phi) is 4.36. The highest BCUT2D eigenvalue weighted by atomic mass is 35.5. The van der Waals surface area contributed by atoms with Crippen LogP contribution in [0.3, 0.4) is 0 Å². The molecule has 0 fully saturated rings. The van der Waals surface area contributed by atoms with Gasteiger partial charge in [-0.3, -0.25) is 4.79 Å². The van der Waals surface area contributed by atoms with Crippen LogP contribution in [0.1, 0.15) is 36.5 Å². The molecule has 1 aromatic heterocycles. The molecule has 0 amide bonds. The Bertz CT molecular complexity index is 339. The van der Waals surface area contributed by atoms with Gasteiger partial charge in [0, 0.05) is 18.2 Å². The average Bonchev–Trinajstić information content (AvgIpc) is 2.18. The van der Waals surface area contributed by atoms with Crippen LogP contribution in [0.5, 0.6) is 0 Å². The van der Waals surface area contributed by atoms with Crippen molar-refractivity contribution in [1.29, 1.82) is 0 Å². The van der Waals surface area contributed by atoms with Gasteiger partial charge < -0.3 is 0 Å². The van der Waals surface area contributed by atoms with Crippen molar-refractivity contribution in [3.8, 4) is 0 Å². The maximum absolute atomic E-state index is 11.5. The number of Topliss-reactive ketones (excluding diaryl/α,β-unsaturated/α-hetero) is 1. The zero-order valence-electron chi connectivity index (χ0n) is 7.89. The SMILES string of the molecule is CCCCC(=O)c1cnc(Cl)c(Cl)c1. The third kappa shape index (κ3) is 2.96. The molecular formula is C10H11Cl2NO. The monoisotopic (exact) mass is 231 g/mol. The Morgan fingerprint density at radius 3 is 2.79 bits per heavy atom. The van der Waals surface area contributed by atoms with Crippen LogP contribution in [-0.2, 0) is 0 Å². The summed E-state index contributed by atoms with van der Waals surface area (Å²) in [4.78, 5) is 15.3. The lowest BCUT2D eigenvalue weighted by atomic mass is 10.1. The molecular weight excluding hydrogens is 221 g/mol. The first-order valence-electron chi connectivity index (χ1n) is 4.49. The van der Waals surface area contributed by atoms with E-state index in [0.29, 0.717) is 17.0 Å². The van der Waals surface area contributed by atoms with Crippen LogP contribution in [0.25, 0.3) is 0 Å². The van der Waals surface area contributed by atoms with Gasteiger partial charge in [-0.15, -0.1) is 0 Å². The van der Waals surface area contributed by atoms with Crippen molar-refractivity contribution in [3.63, 3.8) is 0 Å². The van der Waals surface area contributed by atoms with Crippen molar-refractivity contribution in [2.24, 2.45) is 0 Å². The van der Waals surface area contributed by atoms with Gasteiger partial charge in [-0.25, -0.2) is 4.98 Å². The molecule has 14 heavy (non-hydrogen) atoms. The lowest BCUT2D eigenvalue weighted by molar-refractivity contribution is 0.0979. The fourth-order valence-corrected chi connectivity index (χ4v) is 1.33. The second-order valence-corrected chi connectivity index (χ2v) is 3.79. The molecule has 0 saturated carbocycles. The van der Waals surface area contributed by atoms with Crippen molar-refractivity contribution in [3.05, 3.63) is 28.0 Å². The molecule has 0 aliphatic carbocycles. The van der Waals surface area contributed by atoms with Crippen LogP contribution < -0.4 is 0 Å². The molecule has 0 N–H and O–H groups in total. The second-order valence-electron chi connectivity index (χ2n) is 3.02. The third-order valence-corrected chi connectivity index (χ3v) is 2.56. The number of hydrogen-bond donors (Lipinski definition) is 0. The number of pyridine rings is 1. The molecule has 4 heteroatoms. The highest BCUT2D eigenvalue weighted by molar-refractivity contribution is 6.41. The third-order valence-electron chi connectivity index (χ3n) is 1.88. The van der Waals surface area contributed by atoms with E-state index >= 15 is 0 Å². The van der Waals surface area contributed by atoms with Gasteiger partial charge in [0.25, 0.3) is 0 Å². The van der Waals surface area contributed by atoms with Crippen molar-refractivity contribution >= 4 is 29.0 Å². The predicted molar refractivity (Wildman–Crippen MR) is 58.1 cm³/mol. The molecule has 0 spiro atoms. The number of hydrogen-bond acceptors (Lipinski definition) is 2. The number of rotatable bonds is 4. The highest BCUT2D eigenvalue weighted by Gasteiger charge is 2.08.